The number of pyridine rings is 1. The number of aryl methyl sites for hydroxylation is 1. The maximum absolute atomic E-state index is 6.49. The monoisotopic (exact) mass is 362 g/mol. The van der Waals surface area contributed by atoms with Crippen LogP contribution >= 0.6 is 27.7 Å². The van der Waals surface area contributed by atoms with Crippen molar-refractivity contribution in [3.05, 3.63) is 58.3 Å². The average molecular weight is 363 g/mol. The van der Waals surface area contributed by atoms with Crippen LogP contribution in [0.4, 0.5) is 0 Å². The summed E-state index contributed by atoms with van der Waals surface area (Å²) in [5.41, 5.74) is 9.10. The number of hydrogen-bond acceptors (Lipinski definition) is 3. The number of fused-ring (bicyclic) bond motifs is 1. The highest BCUT2D eigenvalue weighted by atomic mass is 79.9. The first kappa shape index (κ1) is 15.1. The van der Waals surface area contributed by atoms with Crippen molar-refractivity contribution in [1.82, 2.24) is 4.98 Å². The molecule has 2 atom stereocenters. The number of rotatable bonds is 4. The van der Waals surface area contributed by atoms with Gasteiger partial charge in [0.2, 0.25) is 0 Å². The summed E-state index contributed by atoms with van der Waals surface area (Å²) in [6.07, 6.45) is 5.41. The normalized spacial score (nSPS) is 19.0. The molecule has 0 spiro atoms. The molecule has 3 rings (SSSR count). The van der Waals surface area contributed by atoms with Crippen LogP contribution in [0, 0.1) is 0 Å². The van der Waals surface area contributed by atoms with E-state index in [1.165, 1.54) is 22.6 Å². The van der Waals surface area contributed by atoms with Gasteiger partial charge in [0, 0.05) is 39.0 Å². The summed E-state index contributed by atoms with van der Waals surface area (Å²) in [5.74, 6) is 1.31. The van der Waals surface area contributed by atoms with E-state index in [0.717, 1.165) is 23.1 Å². The van der Waals surface area contributed by atoms with Gasteiger partial charge < -0.3 is 5.73 Å². The molecule has 110 valence electrons. The number of thioether (sulfide) groups is 1. The molecule has 1 heterocycles. The van der Waals surface area contributed by atoms with Crippen molar-refractivity contribution in [1.29, 1.82) is 0 Å². The number of halogens is 1. The minimum Gasteiger partial charge on any atom is -0.326 e. The summed E-state index contributed by atoms with van der Waals surface area (Å²) in [6.45, 7) is 0. The first-order chi connectivity index (χ1) is 10.3. The van der Waals surface area contributed by atoms with Gasteiger partial charge in [0.15, 0.2) is 0 Å². The molecule has 21 heavy (non-hydrogen) atoms. The highest BCUT2D eigenvalue weighted by Gasteiger charge is 2.26. The fourth-order valence-electron chi connectivity index (χ4n) is 2.93. The molecule has 4 heteroatoms. The van der Waals surface area contributed by atoms with E-state index in [9.17, 15) is 0 Å². The summed E-state index contributed by atoms with van der Waals surface area (Å²) in [6, 6.07) is 12.7. The highest BCUT2D eigenvalue weighted by Crippen LogP contribution is 2.34. The molecule has 0 saturated heterocycles. The fourth-order valence-corrected chi connectivity index (χ4v) is 4.54. The van der Waals surface area contributed by atoms with Gasteiger partial charge in [0.1, 0.15) is 0 Å². The van der Waals surface area contributed by atoms with Gasteiger partial charge in [-0.25, -0.2) is 0 Å². The van der Waals surface area contributed by atoms with Gasteiger partial charge in [0.05, 0.1) is 0 Å². The number of benzene rings is 1. The molecule has 0 bridgehead atoms. The molecule has 2 aromatic rings. The lowest BCUT2D eigenvalue weighted by Crippen LogP contribution is -2.33. The van der Waals surface area contributed by atoms with Crippen LogP contribution in [0.2, 0.25) is 0 Å². The van der Waals surface area contributed by atoms with E-state index >= 15 is 0 Å². The van der Waals surface area contributed by atoms with Crippen LogP contribution in [0.25, 0.3) is 0 Å². The molecule has 1 aromatic heterocycles. The minimum atomic E-state index is 0.149. The Morgan fingerprint density at radius 2 is 2.14 bits per heavy atom. The molecule has 0 saturated carbocycles. The third-order valence-electron chi connectivity index (χ3n) is 4.02. The standard InChI is InChI=1S/C17H19BrN2S/c18-14-8-1-2-9-16(14)21-11-15(19)13-7-3-5-12-6-4-10-20-17(12)13/h1-2,4,6,8-10,13,15H,3,5,7,11,19H2. The van der Waals surface area contributed by atoms with Crippen molar-refractivity contribution in [2.75, 3.05) is 5.75 Å². The Bertz CT molecular complexity index is 617. The van der Waals surface area contributed by atoms with Gasteiger partial charge in [0.25, 0.3) is 0 Å². The molecular formula is C17H19BrN2S. The Morgan fingerprint density at radius 1 is 1.29 bits per heavy atom. The topological polar surface area (TPSA) is 38.9 Å². The van der Waals surface area contributed by atoms with Gasteiger partial charge in [-0.1, -0.05) is 18.2 Å². The van der Waals surface area contributed by atoms with Crippen LogP contribution in [0.15, 0.2) is 52.0 Å². The smallest absolute Gasteiger partial charge is 0.0482 e. The predicted octanol–water partition coefficient (Wildman–Crippen LogP) is 4.38. The molecule has 1 aliphatic carbocycles. The van der Waals surface area contributed by atoms with E-state index in [-0.39, 0.29) is 6.04 Å². The molecule has 0 amide bonds. The van der Waals surface area contributed by atoms with Gasteiger partial charge in [-0.2, -0.15) is 0 Å². The first-order valence-corrected chi connectivity index (χ1v) is 9.10. The zero-order chi connectivity index (χ0) is 14.7. The summed E-state index contributed by atoms with van der Waals surface area (Å²) in [4.78, 5) is 5.85. The molecule has 2 nitrogen and oxygen atoms in total. The van der Waals surface area contributed by atoms with Crippen LogP contribution in [0.5, 0.6) is 0 Å². The van der Waals surface area contributed by atoms with Gasteiger partial charge in [-0.15, -0.1) is 11.8 Å². The average Bonchev–Trinajstić information content (AvgIpc) is 2.53. The Labute approximate surface area is 138 Å². The van der Waals surface area contributed by atoms with Crippen molar-refractivity contribution in [3.8, 4) is 0 Å². The van der Waals surface area contributed by atoms with Crippen molar-refractivity contribution < 1.29 is 0 Å². The lowest BCUT2D eigenvalue weighted by Gasteiger charge is -2.29. The lowest BCUT2D eigenvalue weighted by atomic mass is 9.83. The number of nitrogens with zero attached hydrogens (tertiary/aromatic N) is 1. The molecule has 2 unspecified atom stereocenters. The quantitative estimate of drug-likeness (QED) is 0.820. The van der Waals surface area contributed by atoms with Crippen molar-refractivity contribution in [2.24, 2.45) is 5.73 Å². The van der Waals surface area contributed by atoms with Gasteiger partial charge in [-0.3, -0.25) is 4.98 Å². The van der Waals surface area contributed by atoms with Crippen molar-refractivity contribution in [2.45, 2.75) is 36.1 Å². The van der Waals surface area contributed by atoms with Crippen molar-refractivity contribution >= 4 is 27.7 Å². The van der Waals surface area contributed by atoms with Gasteiger partial charge >= 0.3 is 0 Å². The van der Waals surface area contributed by atoms with E-state index in [4.69, 9.17) is 5.73 Å². The van der Waals surface area contributed by atoms with Crippen LogP contribution in [-0.4, -0.2) is 16.8 Å². The Kier molecular flexibility index (Phi) is 4.99. The second-order valence-corrected chi connectivity index (χ2v) is 7.37. The third-order valence-corrected chi connectivity index (χ3v) is 6.20. The maximum atomic E-state index is 6.49. The van der Waals surface area contributed by atoms with E-state index < -0.39 is 0 Å². The largest absolute Gasteiger partial charge is 0.326 e. The molecule has 1 aliphatic rings. The van der Waals surface area contributed by atoms with Crippen LogP contribution in [-0.2, 0) is 6.42 Å². The van der Waals surface area contributed by atoms with E-state index in [1.54, 1.807) is 0 Å². The summed E-state index contributed by atoms with van der Waals surface area (Å²) in [7, 11) is 0. The Hall–Kier alpha value is -0.840. The predicted molar refractivity (Wildman–Crippen MR) is 92.8 cm³/mol. The Morgan fingerprint density at radius 3 is 3.00 bits per heavy atom. The molecular weight excluding hydrogens is 344 g/mol. The van der Waals surface area contributed by atoms with Gasteiger partial charge in [-0.05, 0) is 59.0 Å². The van der Waals surface area contributed by atoms with Crippen LogP contribution in [0.1, 0.15) is 30.0 Å². The fraction of sp³-hybridized carbons (Fsp3) is 0.353. The molecule has 0 aliphatic heterocycles. The van der Waals surface area contributed by atoms with E-state index in [0.29, 0.717) is 5.92 Å². The second kappa shape index (κ2) is 6.95. The van der Waals surface area contributed by atoms with Crippen LogP contribution in [0.3, 0.4) is 0 Å². The minimum absolute atomic E-state index is 0.149. The lowest BCUT2D eigenvalue weighted by molar-refractivity contribution is 0.477. The molecule has 2 N–H and O–H groups in total. The third kappa shape index (κ3) is 3.50. The zero-order valence-corrected chi connectivity index (χ0v) is 14.2. The SMILES string of the molecule is NC(CSc1ccccc1Br)C1CCCc2cccnc21. The molecule has 0 radical (unpaired) electrons. The molecule has 1 aromatic carbocycles. The summed E-state index contributed by atoms with van der Waals surface area (Å²) < 4.78 is 1.14. The number of aromatic nitrogens is 1. The number of hydrogen-bond donors (Lipinski definition) is 1. The first-order valence-electron chi connectivity index (χ1n) is 7.32. The molecule has 0 fully saturated rings. The summed E-state index contributed by atoms with van der Waals surface area (Å²) in [5, 5.41) is 0. The van der Waals surface area contributed by atoms with E-state index in [1.807, 2.05) is 30.1 Å². The zero-order valence-electron chi connectivity index (χ0n) is 11.8. The van der Waals surface area contributed by atoms with Crippen molar-refractivity contribution in [3.63, 3.8) is 0 Å². The Balaban J connectivity index is 1.69. The number of nitrogens with two attached hydrogens (primary N) is 1. The summed E-state index contributed by atoms with van der Waals surface area (Å²) >= 11 is 5.42. The maximum Gasteiger partial charge on any atom is 0.0482 e. The highest BCUT2D eigenvalue weighted by molar-refractivity contribution is 9.10. The van der Waals surface area contributed by atoms with E-state index in [2.05, 4.69) is 45.2 Å². The van der Waals surface area contributed by atoms with Crippen LogP contribution < -0.4 is 5.73 Å². The second-order valence-electron chi connectivity index (χ2n) is 5.45.